The normalized spacial score (nSPS) is 21.9. The van der Waals surface area contributed by atoms with E-state index in [1.54, 1.807) is 7.11 Å². The van der Waals surface area contributed by atoms with E-state index in [-0.39, 0.29) is 48.3 Å². The van der Waals surface area contributed by atoms with Crippen LogP contribution in [0.2, 0.25) is 0 Å². The number of piperazine rings is 1. The average Bonchev–Trinajstić information content (AvgIpc) is 3.92. The highest BCUT2D eigenvalue weighted by molar-refractivity contribution is 6.62. The van der Waals surface area contributed by atoms with E-state index in [9.17, 15) is 4.79 Å². The van der Waals surface area contributed by atoms with Crippen LogP contribution >= 0.6 is 24.8 Å². The van der Waals surface area contributed by atoms with Gasteiger partial charge in [0.05, 0.1) is 47.2 Å². The van der Waals surface area contributed by atoms with Gasteiger partial charge in [-0.3, -0.25) is 20.1 Å². The molecule has 3 aromatic rings. The predicted molar refractivity (Wildman–Crippen MR) is 226 cm³/mol. The summed E-state index contributed by atoms with van der Waals surface area (Å²) in [5.74, 6) is -0.209. The third kappa shape index (κ3) is 9.02. The lowest BCUT2D eigenvalue weighted by Gasteiger charge is -2.36. The summed E-state index contributed by atoms with van der Waals surface area (Å²) < 4.78 is 27.5. The van der Waals surface area contributed by atoms with Gasteiger partial charge in [-0.05, 0) is 96.8 Å². The van der Waals surface area contributed by atoms with Gasteiger partial charge < -0.3 is 28.2 Å². The van der Waals surface area contributed by atoms with E-state index in [0.29, 0.717) is 13.0 Å². The monoisotopic (exact) mass is 800 g/mol. The van der Waals surface area contributed by atoms with Crippen LogP contribution in [-0.2, 0) is 36.5 Å². The molecule has 7 rings (SSSR count). The maximum atomic E-state index is 13.2. The van der Waals surface area contributed by atoms with Gasteiger partial charge in [-0.1, -0.05) is 26.0 Å². The lowest BCUT2D eigenvalue weighted by atomic mass is 9.77. The molecule has 4 aliphatic rings. The maximum Gasteiger partial charge on any atom is 0.494 e. The topological polar surface area (TPSA) is 102 Å². The molecule has 304 valence electrons. The minimum Gasteiger partial charge on any atom is -0.464 e. The molecule has 0 bridgehead atoms. The quantitative estimate of drug-likeness (QED) is 0.162. The number of benzene rings is 1. The SMILES string of the molecule is CCn1c(-c2cc(N3CCN(C4CC4)CC3)cnc2[C@H](C)OC)c(CC(C)(C)COC(=O)[C@@H]2CCCNN2)c2cc(B3OC(C)(C)C(C)(C)O3)ccc21.Cl.Cl. The van der Waals surface area contributed by atoms with Gasteiger partial charge in [0.2, 0.25) is 0 Å². The molecule has 0 radical (unpaired) electrons. The molecule has 0 unspecified atom stereocenters. The Bertz CT molecular complexity index is 1790. The molecule has 14 heteroatoms. The van der Waals surface area contributed by atoms with Crippen LogP contribution < -0.4 is 21.2 Å². The molecule has 1 aromatic carbocycles. The van der Waals surface area contributed by atoms with Crippen molar-refractivity contribution in [1.29, 1.82) is 0 Å². The third-order valence-corrected chi connectivity index (χ3v) is 12.3. The number of fused-ring (bicyclic) bond motifs is 1. The number of hydrogen-bond donors (Lipinski definition) is 2. The van der Waals surface area contributed by atoms with Gasteiger partial charge in [0.15, 0.2) is 0 Å². The number of methoxy groups -OCH3 is 1. The fourth-order valence-corrected chi connectivity index (χ4v) is 8.17. The Morgan fingerprint density at radius 2 is 1.75 bits per heavy atom. The Kier molecular flexibility index (Phi) is 13.7. The molecule has 1 saturated carbocycles. The number of hydrogen-bond acceptors (Lipinski definition) is 10. The summed E-state index contributed by atoms with van der Waals surface area (Å²) in [6, 6.07) is 9.41. The summed E-state index contributed by atoms with van der Waals surface area (Å²) >= 11 is 0. The van der Waals surface area contributed by atoms with Gasteiger partial charge in [-0.2, -0.15) is 0 Å². The number of nitrogens with one attached hydrogen (secondary N) is 2. The molecule has 5 heterocycles. The van der Waals surface area contributed by atoms with Crippen molar-refractivity contribution in [2.24, 2.45) is 5.41 Å². The molecule has 2 N–H and O–H groups in total. The van der Waals surface area contributed by atoms with Crippen LogP contribution in [0.1, 0.15) is 98.4 Å². The standard InChI is InChI=1S/C41H61BN6O5.2ClH/c1-10-48-35-16-13-28(42-52-40(5,6)41(7,8)53-42)22-31(35)33(24-39(3,4)26-51-38(49)34-12-11-17-44-45-34)37(48)32-23-30(25-43-36(32)27(2)50-9)47-20-18-46(19-21-47)29-14-15-29;;/h13,16,22-23,25,27,29,34,44-45H,10-12,14-15,17-21,24,26H2,1-9H3;2*1H/t27-,34-;;/m0../s1. The largest absolute Gasteiger partial charge is 0.494 e. The Morgan fingerprint density at radius 1 is 1.05 bits per heavy atom. The Labute approximate surface area is 340 Å². The summed E-state index contributed by atoms with van der Waals surface area (Å²) in [4.78, 5) is 23.5. The number of anilines is 1. The second-order valence-electron chi connectivity index (χ2n) is 17.4. The third-order valence-electron chi connectivity index (χ3n) is 12.3. The highest BCUT2D eigenvalue weighted by Gasteiger charge is 2.52. The molecule has 4 fully saturated rings. The number of hydrazine groups is 1. The zero-order chi connectivity index (χ0) is 37.7. The van der Waals surface area contributed by atoms with Gasteiger partial charge in [0.25, 0.3) is 0 Å². The fraction of sp³-hybridized carbons (Fsp3) is 0.659. The molecular formula is C41H63BCl2N6O5. The number of nitrogens with zero attached hydrogens (tertiary/aromatic N) is 4. The first kappa shape index (κ1) is 43.7. The lowest BCUT2D eigenvalue weighted by molar-refractivity contribution is -0.150. The second kappa shape index (κ2) is 17.2. The van der Waals surface area contributed by atoms with Crippen molar-refractivity contribution in [3.8, 4) is 11.3 Å². The number of carbonyl (C=O) groups is 1. The van der Waals surface area contributed by atoms with E-state index in [0.717, 1.165) is 97.2 Å². The van der Waals surface area contributed by atoms with E-state index in [2.05, 4.69) is 105 Å². The molecule has 1 aliphatic carbocycles. The van der Waals surface area contributed by atoms with Gasteiger partial charge in [0, 0.05) is 74.3 Å². The average molecular weight is 802 g/mol. The van der Waals surface area contributed by atoms with E-state index < -0.39 is 18.3 Å². The van der Waals surface area contributed by atoms with Crippen molar-refractivity contribution in [1.82, 2.24) is 25.3 Å². The van der Waals surface area contributed by atoms with Crippen LogP contribution in [0, 0.1) is 5.41 Å². The predicted octanol–water partition coefficient (Wildman–Crippen LogP) is 6.23. The van der Waals surface area contributed by atoms with Crippen molar-refractivity contribution < 1.29 is 23.6 Å². The smallest absolute Gasteiger partial charge is 0.464 e. The highest BCUT2D eigenvalue weighted by Crippen LogP contribution is 2.43. The van der Waals surface area contributed by atoms with Crippen molar-refractivity contribution in [2.75, 3.05) is 51.3 Å². The van der Waals surface area contributed by atoms with E-state index in [1.807, 2.05) is 6.20 Å². The van der Waals surface area contributed by atoms with Gasteiger partial charge >= 0.3 is 13.1 Å². The summed E-state index contributed by atoms with van der Waals surface area (Å²) in [6.07, 6.45) is 6.86. The van der Waals surface area contributed by atoms with Crippen LogP contribution in [0.5, 0.6) is 0 Å². The molecule has 0 spiro atoms. The molecule has 2 aromatic heterocycles. The van der Waals surface area contributed by atoms with E-state index in [1.165, 1.54) is 18.4 Å². The van der Waals surface area contributed by atoms with Crippen LogP contribution in [0.3, 0.4) is 0 Å². The summed E-state index contributed by atoms with van der Waals surface area (Å²) in [7, 11) is 1.27. The van der Waals surface area contributed by atoms with Crippen LogP contribution in [0.25, 0.3) is 22.2 Å². The Morgan fingerprint density at radius 3 is 2.35 bits per heavy atom. The van der Waals surface area contributed by atoms with E-state index >= 15 is 0 Å². The molecule has 11 nitrogen and oxygen atoms in total. The molecule has 3 saturated heterocycles. The van der Waals surface area contributed by atoms with Crippen LogP contribution in [0.4, 0.5) is 5.69 Å². The number of pyridine rings is 1. The molecule has 3 aliphatic heterocycles. The number of esters is 1. The molecular weight excluding hydrogens is 738 g/mol. The van der Waals surface area contributed by atoms with Crippen LogP contribution in [-0.4, -0.2) is 97.3 Å². The number of aromatic nitrogens is 2. The van der Waals surface area contributed by atoms with E-state index in [4.69, 9.17) is 23.8 Å². The van der Waals surface area contributed by atoms with Crippen molar-refractivity contribution in [3.63, 3.8) is 0 Å². The maximum absolute atomic E-state index is 13.2. The van der Waals surface area contributed by atoms with Crippen molar-refractivity contribution >= 4 is 60.0 Å². The highest BCUT2D eigenvalue weighted by atomic mass is 35.5. The number of rotatable bonds is 12. The first-order chi connectivity index (χ1) is 25.2. The Hall–Kier alpha value is -2.42. The number of ether oxygens (including phenoxy) is 2. The number of carbonyl (C=O) groups excluding carboxylic acids is 1. The van der Waals surface area contributed by atoms with Crippen molar-refractivity contribution in [2.45, 2.75) is 123 Å². The fourth-order valence-electron chi connectivity index (χ4n) is 8.17. The minimum atomic E-state index is -0.486. The summed E-state index contributed by atoms with van der Waals surface area (Å²) in [5.41, 5.74) is 12.5. The summed E-state index contributed by atoms with van der Waals surface area (Å²) in [6.45, 7) is 23.1. The molecule has 55 heavy (non-hydrogen) atoms. The first-order valence-corrected chi connectivity index (χ1v) is 19.9. The van der Waals surface area contributed by atoms with Gasteiger partial charge in [0.1, 0.15) is 6.04 Å². The van der Waals surface area contributed by atoms with Crippen molar-refractivity contribution in [3.05, 3.63) is 41.7 Å². The second-order valence-corrected chi connectivity index (χ2v) is 17.4. The molecule has 2 atom stereocenters. The zero-order valence-corrected chi connectivity index (χ0v) is 36.0. The Balaban J connectivity index is 0.00000290. The van der Waals surface area contributed by atoms with Crippen LogP contribution in [0.15, 0.2) is 30.5 Å². The first-order valence-electron chi connectivity index (χ1n) is 19.9. The van der Waals surface area contributed by atoms with Gasteiger partial charge in [-0.15, -0.1) is 24.8 Å². The molecule has 0 amide bonds. The number of halogens is 2. The lowest BCUT2D eigenvalue weighted by Crippen LogP contribution is -2.50. The minimum absolute atomic E-state index is 0. The summed E-state index contributed by atoms with van der Waals surface area (Å²) in [5, 5.41) is 1.14. The van der Waals surface area contributed by atoms with Gasteiger partial charge in [-0.25, -0.2) is 5.43 Å². The zero-order valence-electron chi connectivity index (χ0n) is 34.3. The number of aryl methyl sites for hydroxylation is 1.